The molecule has 19 heavy (non-hydrogen) atoms. The molecule has 1 unspecified atom stereocenters. The average molecular weight is 257 g/mol. The van der Waals surface area contributed by atoms with Crippen molar-refractivity contribution in [3.63, 3.8) is 0 Å². The van der Waals surface area contributed by atoms with Gasteiger partial charge in [0.2, 0.25) is 0 Å². The zero-order valence-corrected chi connectivity index (χ0v) is 11.5. The maximum atomic E-state index is 12.5. The van der Waals surface area contributed by atoms with E-state index in [0.717, 1.165) is 24.4 Å². The maximum Gasteiger partial charge on any atom is 0.179 e. The van der Waals surface area contributed by atoms with Crippen molar-refractivity contribution in [2.75, 3.05) is 6.54 Å². The van der Waals surface area contributed by atoms with Crippen LogP contribution in [0, 0.1) is 0 Å². The highest BCUT2D eigenvalue weighted by Crippen LogP contribution is 2.36. The number of carbonyl (C=O) groups is 1. The fourth-order valence-electron chi connectivity index (χ4n) is 3.11. The van der Waals surface area contributed by atoms with Gasteiger partial charge in [-0.2, -0.15) is 0 Å². The van der Waals surface area contributed by atoms with Crippen molar-refractivity contribution in [1.82, 2.24) is 5.32 Å². The van der Waals surface area contributed by atoms with Gasteiger partial charge >= 0.3 is 0 Å². The standard InChI is InChI=1S/C17H23NO/c19-17(16-7-2-1-3-12-18-16)15-10-8-14(9-11-15)13-5-4-6-13/h8-11,13,16,18H,1-7,12H2. The van der Waals surface area contributed by atoms with Gasteiger partial charge in [-0.25, -0.2) is 0 Å². The summed E-state index contributed by atoms with van der Waals surface area (Å²) >= 11 is 0. The molecular formula is C17H23NO. The van der Waals surface area contributed by atoms with E-state index in [1.165, 1.54) is 44.1 Å². The maximum absolute atomic E-state index is 12.5. The zero-order chi connectivity index (χ0) is 13.1. The highest BCUT2D eigenvalue weighted by Gasteiger charge is 2.22. The largest absolute Gasteiger partial charge is 0.307 e. The molecule has 102 valence electrons. The van der Waals surface area contributed by atoms with Crippen molar-refractivity contribution in [2.45, 2.75) is 56.9 Å². The first-order valence-electron chi connectivity index (χ1n) is 7.72. The first kappa shape index (κ1) is 12.9. The van der Waals surface area contributed by atoms with Crippen LogP contribution in [0.1, 0.15) is 66.8 Å². The second kappa shape index (κ2) is 5.87. The predicted octanol–water partition coefficient (Wildman–Crippen LogP) is 3.67. The molecule has 2 fully saturated rings. The molecule has 0 spiro atoms. The molecule has 0 bridgehead atoms. The van der Waals surface area contributed by atoms with Gasteiger partial charge in [0.25, 0.3) is 0 Å². The normalized spacial score (nSPS) is 24.5. The van der Waals surface area contributed by atoms with Gasteiger partial charge in [-0.3, -0.25) is 4.79 Å². The van der Waals surface area contributed by atoms with Gasteiger partial charge in [-0.1, -0.05) is 43.5 Å². The van der Waals surface area contributed by atoms with Crippen molar-refractivity contribution in [1.29, 1.82) is 0 Å². The highest BCUT2D eigenvalue weighted by atomic mass is 16.1. The molecule has 3 rings (SSSR count). The molecule has 2 heteroatoms. The third-order valence-corrected chi connectivity index (χ3v) is 4.65. The molecule has 1 atom stereocenters. The van der Waals surface area contributed by atoms with Gasteiger partial charge in [-0.05, 0) is 43.7 Å². The third-order valence-electron chi connectivity index (χ3n) is 4.65. The summed E-state index contributed by atoms with van der Waals surface area (Å²) in [6.45, 7) is 0.983. The first-order chi connectivity index (χ1) is 9.34. The number of hydrogen-bond acceptors (Lipinski definition) is 2. The van der Waals surface area contributed by atoms with E-state index in [9.17, 15) is 4.79 Å². The summed E-state index contributed by atoms with van der Waals surface area (Å²) in [4.78, 5) is 12.5. The molecule has 1 aliphatic heterocycles. The first-order valence-corrected chi connectivity index (χ1v) is 7.72. The number of carbonyl (C=O) groups excluding carboxylic acids is 1. The van der Waals surface area contributed by atoms with E-state index in [1.54, 1.807) is 0 Å². The van der Waals surface area contributed by atoms with Gasteiger partial charge in [0.15, 0.2) is 5.78 Å². The Labute approximate surface area is 115 Å². The van der Waals surface area contributed by atoms with Crippen molar-refractivity contribution in [2.24, 2.45) is 0 Å². The van der Waals surface area contributed by atoms with E-state index >= 15 is 0 Å². The van der Waals surface area contributed by atoms with Crippen LogP contribution in [0.2, 0.25) is 0 Å². The Hall–Kier alpha value is -1.15. The van der Waals surface area contributed by atoms with Crippen LogP contribution in [-0.4, -0.2) is 18.4 Å². The fourth-order valence-corrected chi connectivity index (χ4v) is 3.11. The lowest BCUT2D eigenvalue weighted by molar-refractivity contribution is 0.0940. The summed E-state index contributed by atoms with van der Waals surface area (Å²) < 4.78 is 0. The number of benzene rings is 1. The molecule has 1 aromatic carbocycles. The van der Waals surface area contributed by atoms with Gasteiger partial charge in [0.05, 0.1) is 6.04 Å². The van der Waals surface area contributed by atoms with Crippen molar-refractivity contribution >= 4 is 5.78 Å². The minimum Gasteiger partial charge on any atom is -0.307 e. The highest BCUT2D eigenvalue weighted by molar-refractivity contribution is 6.00. The van der Waals surface area contributed by atoms with E-state index in [-0.39, 0.29) is 11.8 Å². The quantitative estimate of drug-likeness (QED) is 0.837. The van der Waals surface area contributed by atoms with Gasteiger partial charge in [0, 0.05) is 5.56 Å². The van der Waals surface area contributed by atoms with Crippen LogP contribution < -0.4 is 5.32 Å². The van der Waals surface area contributed by atoms with Crippen molar-refractivity contribution < 1.29 is 4.79 Å². The van der Waals surface area contributed by atoms with Crippen LogP contribution in [0.5, 0.6) is 0 Å². The number of Topliss-reactive ketones (excluding diaryl/α,β-unsaturated/α-hetero) is 1. The lowest BCUT2D eigenvalue weighted by atomic mass is 9.80. The third kappa shape index (κ3) is 2.89. The monoisotopic (exact) mass is 257 g/mol. The molecule has 2 aliphatic rings. The van der Waals surface area contributed by atoms with Crippen LogP contribution in [0.25, 0.3) is 0 Å². The van der Waals surface area contributed by atoms with Crippen LogP contribution in [-0.2, 0) is 0 Å². The summed E-state index contributed by atoms with van der Waals surface area (Å²) in [7, 11) is 0. The minimum absolute atomic E-state index is 0.0389. The topological polar surface area (TPSA) is 29.1 Å². The molecule has 1 heterocycles. The summed E-state index contributed by atoms with van der Waals surface area (Å²) in [5, 5.41) is 3.39. The Bertz CT molecular complexity index is 425. The SMILES string of the molecule is O=C(c1ccc(C2CCC2)cc1)C1CCCCCN1. The molecule has 2 nitrogen and oxygen atoms in total. The van der Waals surface area contributed by atoms with Gasteiger partial charge < -0.3 is 5.32 Å². The van der Waals surface area contributed by atoms with Crippen molar-refractivity contribution in [3.8, 4) is 0 Å². The summed E-state index contributed by atoms with van der Waals surface area (Å²) in [5.74, 6) is 1.03. The van der Waals surface area contributed by atoms with Crippen LogP contribution in [0.15, 0.2) is 24.3 Å². The Morgan fingerprint density at radius 2 is 1.74 bits per heavy atom. The summed E-state index contributed by atoms with van der Waals surface area (Å²) in [5.41, 5.74) is 2.29. The summed E-state index contributed by atoms with van der Waals surface area (Å²) in [6.07, 6.45) is 8.60. The van der Waals surface area contributed by atoms with E-state index in [4.69, 9.17) is 0 Å². The molecule has 1 saturated heterocycles. The second-order valence-electron chi connectivity index (χ2n) is 5.97. The molecular weight excluding hydrogens is 234 g/mol. The van der Waals surface area contributed by atoms with E-state index < -0.39 is 0 Å². The molecule has 0 radical (unpaired) electrons. The Balaban J connectivity index is 1.68. The molecule has 1 N–H and O–H groups in total. The van der Waals surface area contributed by atoms with Crippen LogP contribution in [0.4, 0.5) is 0 Å². The zero-order valence-electron chi connectivity index (χ0n) is 11.5. The lowest BCUT2D eigenvalue weighted by Crippen LogP contribution is -2.36. The smallest absolute Gasteiger partial charge is 0.179 e. The van der Waals surface area contributed by atoms with Crippen LogP contribution >= 0.6 is 0 Å². The number of nitrogens with one attached hydrogen (secondary N) is 1. The Morgan fingerprint density at radius 3 is 2.42 bits per heavy atom. The number of hydrogen-bond donors (Lipinski definition) is 1. The van der Waals surface area contributed by atoms with E-state index in [1.807, 2.05) is 12.1 Å². The molecule has 0 amide bonds. The number of rotatable bonds is 3. The summed E-state index contributed by atoms with van der Waals surface area (Å²) in [6, 6.07) is 8.42. The molecule has 1 aliphatic carbocycles. The Kier molecular flexibility index (Phi) is 3.97. The van der Waals surface area contributed by atoms with Gasteiger partial charge in [0.1, 0.15) is 0 Å². The second-order valence-corrected chi connectivity index (χ2v) is 5.97. The van der Waals surface area contributed by atoms with E-state index in [2.05, 4.69) is 17.4 Å². The molecule has 1 aromatic rings. The Morgan fingerprint density at radius 1 is 0.947 bits per heavy atom. The van der Waals surface area contributed by atoms with Crippen LogP contribution in [0.3, 0.4) is 0 Å². The van der Waals surface area contributed by atoms with Gasteiger partial charge in [-0.15, -0.1) is 0 Å². The average Bonchev–Trinajstić information content (AvgIpc) is 2.65. The fraction of sp³-hybridized carbons (Fsp3) is 0.588. The van der Waals surface area contributed by atoms with E-state index in [0.29, 0.717) is 0 Å². The minimum atomic E-state index is 0.0389. The molecule has 1 saturated carbocycles. The lowest BCUT2D eigenvalue weighted by Gasteiger charge is -2.26. The van der Waals surface area contributed by atoms with Crippen molar-refractivity contribution in [3.05, 3.63) is 35.4 Å². The number of ketones is 1. The molecule has 0 aromatic heterocycles. The predicted molar refractivity (Wildman–Crippen MR) is 77.6 cm³/mol.